The minimum Gasteiger partial charge on any atom is -0.508 e. The maximum absolute atomic E-state index is 12.1. The first-order valence-electron chi connectivity index (χ1n) is 7.67. The van der Waals surface area contributed by atoms with Crippen LogP contribution in [0.2, 0.25) is 0 Å². The van der Waals surface area contributed by atoms with Gasteiger partial charge in [0.15, 0.2) is 0 Å². The lowest BCUT2D eigenvalue weighted by atomic mass is 10.1. The van der Waals surface area contributed by atoms with Crippen LogP contribution in [0.3, 0.4) is 0 Å². The summed E-state index contributed by atoms with van der Waals surface area (Å²) in [5.41, 5.74) is 2.17. The van der Waals surface area contributed by atoms with E-state index in [1.54, 1.807) is 35.1 Å². The highest BCUT2D eigenvalue weighted by atomic mass is 16.3. The summed E-state index contributed by atoms with van der Waals surface area (Å²) >= 11 is 0. The quantitative estimate of drug-likeness (QED) is 0.756. The molecular formula is C18H18N4O2. The number of para-hydroxylation sites is 2. The molecule has 0 spiro atoms. The van der Waals surface area contributed by atoms with Crippen molar-refractivity contribution in [1.82, 2.24) is 20.3 Å². The van der Waals surface area contributed by atoms with Gasteiger partial charge in [-0.05, 0) is 25.1 Å². The highest BCUT2D eigenvalue weighted by Gasteiger charge is 2.15. The summed E-state index contributed by atoms with van der Waals surface area (Å²) < 4.78 is 1.67. The van der Waals surface area contributed by atoms with Crippen LogP contribution in [0.1, 0.15) is 24.2 Å². The van der Waals surface area contributed by atoms with Crippen molar-refractivity contribution >= 4 is 5.91 Å². The van der Waals surface area contributed by atoms with Crippen molar-refractivity contribution in [2.45, 2.75) is 19.4 Å². The number of hydrogen-bond acceptors (Lipinski definition) is 4. The van der Waals surface area contributed by atoms with Gasteiger partial charge in [0.25, 0.3) is 0 Å². The Morgan fingerprint density at radius 1 is 1.17 bits per heavy atom. The van der Waals surface area contributed by atoms with Gasteiger partial charge in [0.05, 0.1) is 24.3 Å². The highest BCUT2D eigenvalue weighted by molar-refractivity contribution is 5.79. The van der Waals surface area contributed by atoms with Crippen LogP contribution >= 0.6 is 0 Å². The molecule has 0 aliphatic rings. The molecular weight excluding hydrogens is 304 g/mol. The fraction of sp³-hybridized carbons (Fsp3) is 0.167. The average Bonchev–Trinajstić information content (AvgIpc) is 3.08. The second-order valence-electron chi connectivity index (χ2n) is 5.52. The van der Waals surface area contributed by atoms with Crippen molar-refractivity contribution in [3.05, 3.63) is 72.1 Å². The van der Waals surface area contributed by atoms with E-state index in [-0.39, 0.29) is 24.1 Å². The first-order chi connectivity index (χ1) is 11.6. The third-order valence-electron chi connectivity index (χ3n) is 3.70. The Bertz CT molecular complexity index is 830. The van der Waals surface area contributed by atoms with Crippen molar-refractivity contribution < 1.29 is 9.90 Å². The number of rotatable bonds is 5. The maximum atomic E-state index is 12.1. The van der Waals surface area contributed by atoms with Crippen LogP contribution in [0.25, 0.3) is 5.69 Å². The third kappa shape index (κ3) is 3.60. The van der Waals surface area contributed by atoms with E-state index in [0.717, 1.165) is 5.69 Å². The van der Waals surface area contributed by atoms with Crippen molar-refractivity contribution in [1.29, 1.82) is 0 Å². The van der Waals surface area contributed by atoms with Gasteiger partial charge in [0.2, 0.25) is 5.91 Å². The predicted octanol–water partition coefficient (Wildman–Crippen LogP) is 2.39. The number of phenolic OH excluding ortho intramolecular Hbond substituents is 1. The number of aromatic nitrogens is 3. The Morgan fingerprint density at radius 3 is 2.62 bits per heavy atom. The summed E-state index contributed by atoms with van der Waals surface area (Å²) in [6.45, 7) is 1.85. The van der Waals surface area contributed by atoms with Gasteiger partial charge >= 0.3 is 0 Å². The number of carbonyl (C=O) groups is 1. The van der Waals surface area contributed by atoms with E-state index < -0.39 is 0 Å². The molecule has 1 amide bonds. The summed E-state index contributed by atoms with van der Waals surface area (Å²) in [6.07, 6.45) is 1.91. The van der Waals surface area contributed by atoms with Gasteiger partial charge < -0.3 is 10.4 Å². The molecule has 0 bridgehead atoms. The van der Waals surface area contributed by atoms with Crippen LogP contribution in [0.15, 0.2) is 60.8 Å². The zero-order chi connectivity index (χ0) is 16.9. The van der Waals surface area contributed by atoms with Gasteiger partial charge in [0, 0.05) is 5.56 Å². The minimum atomic E-state index is -0.277. The molecule has 1 aromatic heterocycles. The molecule has 2 N–H and O–H groups in total. The van der Waals surface area contributed by atoms with Crippen LogP contribution in [-0.2, 0) is 11.2 Å². The van der Waals surface area contributed by atoms with Crippen LogP contribution < -0.4 is 5.32 Å². The molecule has 122 valence electrons. The molecule has 0 aliphatic heterocycles. The van der Waals surface area contributed by atoms with Gasteiger partial charge in [-0.25, -0.2) is 4.68 Å². The third-order valence-corrected chi connectivity index (χ3v) is 3.70. The van der Waals surface area contributed by atoms with Crippen LogP contribution in [0.5, 0.6) is 5.75 Å². The summed E-state index contributed by atoms with van der Waals surface area (Å²) in [7, 11) is 0. The zero-order valence-electron chi connectivity index (χ0n) is 13.3. The second kappa shape index (κ2) is 6.95. The second-order valence-corrected chi connectivity index (χ2v) is 5.52. The van der Waals surface area contributed by atoms with E-state index in [4.69, 9.17) is 0 Å². The molecule has 1 atom stereocenters. The number of aromatic hydroxyl groups is 1. The van der Waals surface area contributed by atoms with E-state index in [9.17, 15) is 9.90 Å². The van der Waals surface area contributed by atoms with Crippen molar-refractivity contribution in [2.75, 3.05) is 0 Å². The van der Waals surface area contributed by atoms with Gasteiger partial charge in [-0.1, -0.05) is 41.6 Å². The van der Waals surface area contributed by atoms with Crippen molar-refractivity contribution in [3.63, 3.8) is 0 Å². The molecule has 0 saturated heterocycles. The SMILES string of the molecule is C[C@@H](NC(=O)Cc1ccccc1O)c1cn(-c2ccccc2)nn1. The molecule has 0 saturated carbocycles. The van der Waals surface area contributed by atoms with Gasteiger partial charge in [-0.15, -0.1) is 5.10 Å². The normalized spacial score (nSPS) is 11.9. The summed E-state index contributed by atoms with van der Waals surface area (Å²) in [5.74, 6) is -0.0615. The van der Waals surface area contributed by atoms with Gasteiger partial charge in [0.1, 0.15) is 11.4 Å². The van der Waals surface area contributed by atoms with Crippen LogP contribution in [0, 0.1) is 0 Å². The van der Waals surface area contributed by atoms with E-state index in [2.05, 4.69) is 15.6 Å². The Labute approximate surface area is 139 Å². The highest BCUT2D eigenvalue weighted by Crippen LogP contribution is 2.17. The van der Waals surface area contributed by atoms with Crippen LogP contribution in [-0.4, -0.2) is 26.0 Å². The van der Waals surface area contributed by atoms with Gasteiger partial charge in [-0.3, -0.25) is 4.79 Å². The Kier molecular flexibility index (Phi) is 4.56. The number of phenols is 1. The summed E-state index contributed by atoms with van der Waals surface area (Å²) in [4.78, 5) is 12.1. The lowest BCUT2D eigenvalue weighted by Gasteiger charge is -2.11. The fourth-order valence-electron chi connectivity index (χ4n) is 2.38. The fourth-order valence-corrected chi connectivity index (χ4v) is 2.38. The monoisotopic (exact) mass is 322 g/mol. The molecule has 0 radical (unpaired) electrons. The topological polar surface area (TPSA) is 80.0 Å². The number of amides is 1. The summed E-state index contributed by atoms with van der Waals surface area (Å²) in [6, 6.07) is 16.2. The minimum absolute atomic E-state index is 0.115. The molecule has 2 aromatic carbocycles. The molecule has 0 unspecified atom stereocenters. The average molecular weight is 322 g/mol. The largest absolute Gasteiger partial charge is 0.508 e. The lowest BCUT2D eigenvalue weighted by Crippen LogP contribution is -2.28. The molecule has 24 heavy (non-hydrogen) atoms. The first-order valence-corrected chi connectivity index (χ1v) is 7.67. The Hall–Kier alpha value is -3.15. The number of nitrogens with one attached hydrogen (secondary N) is 1. The lowest BCUT2D eigenvalue weighted by molar-refractivity contribution is -0.121. The van der Waals surface area contributed by atoms with Crippen molar-refractivity contribution in [3.8, 4) is 11.4 Å². The van der Waals surface area contributed by atoms with Gasteiger partial charge in [-0.2, -0.15) is 0 Å². The molecule has 6 nitrogen and oxygen atoms in total. The molecule has 1 heterocycles. The maximum Gasteiger partial charge on any atom is 0.225 e. The van der Waals surface area contributed by atoms with E-state index in [0.29, 0.717) is 11.3 Å². The Morgan fingerprint density at radius 2 is 1.88 bits per heavy atom. The molecule has 0 fully saturated rings. The predicted molar refractivity (Wildman–Crippen MR) is 89.7 cm³/mol. The van der Waals surface area contributed by atoms with E-state index >= 15 is 0 Å². The number of nitrogens with zero attached hydrogens (tertiary/aromatic N) is 3. The standard InChI is InChI=1S/C18H18N4O2/c1-13(19-18(24)11-14-7-5-6-10-17(14)23)16-12-22(21-20-16)15-8-3-2-4-9-15/h2-10,12-13,23H,11H2,1H3,(H,19,24)/t13-/m1/s1. The van der Waals surface area contributed by atoms with E-state index in [1.807, 2.05) is 37.3 Å². The first kappa shape index (κ1) is 15.7. The molecule has 6 heteroatoms. The molecule has 3 rings (SSSR count). The number of hydrogen-bond donors (Lipinski definition) is 2. The molecule has 0 aliphatic carbocycles. The van der Waals surface area contributed by atoms with Crippen LogP contribution in [0.4, 0.5) is 0 Å². The molecule has 3 aromatic rings. The number of benzene rings is 2. The van der Waals surface area contributed by atoms with E-state index in [1.165, 1.54) is 0 Å². The summed E-state index contributed by atoms with van der Waals surface area (Å²) in [5, 5.41) is 20.8. The Balaban J connectivity index is 1.65. The smallest absolute Gasteiger partial charge is 0.225 e. The zero-order valence-corrected chi connectivity index (χ0v) is 13.3. The van der Waals surface area contributed by atoms with Crippen molar-refractivity contribution in [2.24, 2.45) is 0 Å². The number of carbonyl (C=O) groups excluding carboxylic acids is 1.